The maximum absolute atomic E-state index is 12.4. The summed E-state index contributed by atoms with van der Waals surface area (Å²) in [5, 5.41) is 5.29. The number of thiazole rings is 1. The molecule has 0 fully saturated rings. The smallest absolute Gasteiger partial charge is 0.236 e. The van der Waals surface area contributed by atoms with Crippen molar-refractivity contribution in [3.63, 3.8) is 0 Å². The van der Waals surface area contributed by atoms with E-state index in [1.54, 1.807) is 20.3 Å². The molecule has 0 spiro atoms. The molecule has 1 amide bonds. The summed E-state index contributed by atoms with van der Waals surface area (Å²) >= 11 is 2.80. The van der Waals surface area contributed by atoms with E-state index in [-0.39, 0.29) is 11.7 Å². The molecule has 7 nitrogen and oxygen atoms in total. The zero-order valence-corrected chi connectivity index (χ0v) is 18.8. The molecule has 1 N–H and O–H groups in total. The van der Waals surface area contributed by atoms with E-state index in [1.807, 2.05) is 35.7 Å². The molecule has 3 aromatic rings. The van der Waals surface area contributed by atoms with E-state index in [9.17, 15) is 4.79 Å². The van der Waals surface area contributed by atoms with Crippen LogP contribution in [0.4, 0.5) is 5.13 Å². The summed E-state index contributed by atoms with van der Waals surface area (Å²) in [6.45, 7) is 1.28. The van der Waals surface area contributed by atoms with Crippen LogP contribution in [-0.4, -0.2) is 44.1 Å². The first-order chi connectivity index (χ1) is 15.2. The maximum Gasteiger partial charge on any atom is 0.236 e. The van der Waals surface area contributed by atoms with E-state index in [2.05, 4.69) is 10.3 Å². The largest absolute Gasteiger partial charge is 0.497 e. The Bertz CT molecular complexity index is 1070. The van der Waals surface area contributed by atoms with Crippen LogP contribution in [0.15, 0.2) is 46.7 Å². The second-order valence-electron chi connectivity index (χ2n) is 6.60. The quantitative estimate of drug-likeness (QED) is 0.513. The Hall–Kier alpha value is -2.91. The van der Waals surface area contributed by atoms with Crippen molar-refractivity contribution < 1.29 is 23.7 Å². The van der Waals surface area contributed by atoms with Crippen molar-refractivity contribution in [2.24, 2.45) is 0 Å². The highest BCUT2D eigenvalue weighted by Crippen LogP contribution is 2.36. The van der Waals surface area contributed by atoms with Crippen molar-refractivity contribution in [3.05, 3.63) is 41.8 Å². The van der Waals surface area contributed by atoms with E-state index in [0.717, 1.165) is 34.1 Å². The molecule has 162 valence electrons. The van der Waals surface area contributed by atoms with Crippen LogP contribution in [0.5, 0.6) is 23.0 Å². The number of hydrogen-bond donors (Lipinski definition) is 1. The molecule has 0 bridgehead atoms. The van der Waals surface area contributed by atoms with Gasteiger partial charge in [0.1, 0.15) is 11.5 Å². The van der Waals surface area contributed by atoms with Crippen LogP contribution in [0.1, 0.15) is 6.42 Å². The topological polar surface area (TPSA) is 78.9 Å². The lowest BCUT2D eigenvalue weighted by Crippen LogP contribution is -2.13. The number of methoxy groups -OCH3 is 2. The van der Waals surface area contributed by atoms with E-state index < -0.39 is 0 Å². The van der Waals surface area contributed by atoms with Crippen LogP contribution in [-0.2, 0) is 4.79 Å². The summed E-state index contributed by atoms with van der Waals surface area (Å²) < 4.78 is 22.0. The number of carbonyl (C=O) groups is 1. The Balaban J connectivity index is 1.37. The molecule has 0 saturated heterocycles. The van der Waals surface area contributed by atoms with Crippen molar-refractivity contribution in [3.8, 4) is 34.3 Å². The first-order valence-electron chi connectivity index (χ1n) is 9.66. The summed E-state index contributed by atoms with van der Waals surface area (Å²) in [5.41, 5.74) is 1.57. The van der Waals surface area contributed by atoms with Crippen LogP contribution >= 0.6 is 23.1 Å². The molecule has 2 heterocycles. The summed E-state index contributed by atoms with van der Waals surface area (Å²) in [5.74, 6) is 2.97. The molecule has 1 aromatic heterocycles. The van der Waals surface area contributed by atoms with Gasteiger partial charge < -0.3 is 24.3 Å². The normalized spacial score (nSPS) is 12.7. The number of carbonyl (C=O) groups excluding carboxylic acids is 1. The van der Waals surface area contributed by atoms with E-state index >= 15 is 0 Å². The fourth-order valence-electron chi connectivity index (χ4n) is 3.00. The van der Waals surface area contributed by atoms with Crippen molar-refractivity contribution in [1.82, 2.24) is 4.98 Å². The second-order valence-corrected chi connectivity index (χ2v) is 8.51. The van der Waals surface area contributed by atoms with Gasteiger partial charge in [-0.05, 0) is 30.3 Å². The lowest BCUT2D eigenvalue weighted by molar-refractivity contribution is -0.113. The third-order valence-electron chi connectivity index (χ3n) is 4.52. The van der Waals surface area contributed by atoms with Gasteiger partial charge in [-0.1, -0.05) is 0 Å². The molecule has 0 unspecified atom stereocenters. The van der Waals surface area contributed by atoms with Crippen LogP contribution in [0, 0.1) is 0 Å². The molecule has 1 aliphatic heterocycles. The molecule has 0 aliphatic carbocycles. The zero-order chi connectivity index (χ0) is 21.6. The van der Waals surface area contributed by atoms with Crippen molar-refractivity contribution in [1.29, 1.82) is 0 Å². The summed E-state index contributed by atoms with van der Waals surface area (Å²) in [6, 6.07) is 11.3. The van der Waals surface area contributed by atoms with Crippen molar-refractivity contribution in [2.45, 2.75) is 11.3 Å². The van der Waals surface area contributed by atoms with Crippen LogP contribution in [0.3, 0.4) is 0 Å². The van der Waals surface area contributed by atoms with Gasteiger partial charge in [0.15, 0.2) is 16.6 Å². The summed E-state index contributed by atoms with van der Waals surface area (Å²) in [7, 11) is 3.21. The number of rotatable bonds is 7. The van der Waals surface area contributed by atoms with Gasteiger partial charge in [-0.15, -0.1) is 23.1 Å². The molecule has 4 rings (SSSR count). The average Bonchev–Trinajstić information content (AvgIpc) is 3.12. The third-order valence-corrected chi connectivity index (χ3v) is 6.28. The fraction of sp³-hybridized carbons (Fsp3) is 0.273. The Morgan fingerprint density at radius 2 is 1.97 bits per heavy atom. The van der Waals surface area contributed by atoms with Gasteiger partial charge in [-0.25, -0.2) is 4.98 Å². The van der Waals surface area contributed by atoms with Gasteiger partial charge in [0.25, 0.3) is 0 Å². The molecule has 1 aliphatic rings. The van der Waals surface area contributed by atoms with Crippen LogP contribution in [0.25, 0.3) is 11.3 Å². The zero-order valence-electron chi connectivity index (χ0n) is 17.2. The number of anilines is 1. The Kier molecular flexibility index (Phi) is 6.83. The number of aromatic nitrogens is 1. The number of benzene rings is 2. The SMILES string of the molecule is COc1ccc(-c2csc(NC(=O)CSc3ccc4c(c3)OCCCO4)n2)c(OC)c1. The first-order valence-corrected chi connectivity index (χ1v) is 11.5. The minimum absolute atomic E-state index is 0.125. The minimum Gasteiger partial charge on any atom is -0.497 e. The van der Waals surface area contributed by atoms with Gasteiger partial charge >= 0.3 is 0 Å². The Morgan fingerprint density at radius 1 is 1.13 bits per heavy atom. The highest BCUT2D eigenvalue weighted by Gasteiger charge is 2.14. The number of hydrogen-bond acceptors (Lipinski definition) is 8. The first kappa shape index (κ1) is 21.3. The highest BCUT2D eigenvalue weighted by molar-refractivity contribution is 8.00. The number of amides is 1. The molecule has 0 saturated carbocycles. The number of thioether (sulfide) groups is 1. The summed E-state index contributed by atoms with van der Waals surface area (Å²) in [6.07, 6.45) is 0.859. The van der Waals surface area contributed by atoms with E-state index in [4.69, 9.17) is 18.9 Å². The van der Waals surface area contributed by atoms with Crippen LogP contribution < -0.4 is 24.3 Å². The summed E-state index contributed by atoms with van der Waals surface area (Å²) in [4.78, 5) is 17.9. The van der Waals surface area contributed by atoms with Crippen LogP contribution in [0.2, 0.25) is 0 Å². The van der Waals surface area contributed by atoms with Gasteiger partial charge in [-0.2, -0.15) is 0 Å². The molecule has 31 heavy (non-hydrogen) atoms. The standard InChI is InChI=1S/C22H22N2O5S2/c1-26-14-4-6-16(19(10-14)27-2)17-12-31-22(23-17)24-21(25)13-30-15-5-7-18-20(11-15)29-9-3-8-28-18/h4-7,10-12H,3,8-9,13H2,1-2H3,(H,23,24,25). The lowest BCUT2D eigenvalue weighted by Gasteiger charge is -2.09. The van der Waals surface area contributed by atoms with E-state index in [0.29, 0.717) is 29.8 Å². The predicted octanol–water partition coefficient (Wildman–Crippen LogP) is 4.72. The fourth-order valence-corrected chi connectivity index (χ4v) is 4.45. The number of nitrogens with one attached hydrogen (secondary N) is 1. The second kappa shape index (κ2) is 9.93. The molecule has 0 radical (unpaired) electrons. The molecular weight excluding hydrogens is 436 g/mol. The van der Waals surface area contributed by atoms with Gasteiger partial charge in [0, 0.05) is 28.3 Å². The third kappa shape index (κ3) is 5.23. The van der Waals surface area contributed by atoms with Gasteiger partial charge in [0.05, 0.1) is 38.9 Å². The molecule has 0 atom stereocenters. The van der Waals surface area contributed by atoms with Gasteiger partial charge in [-0.3, -0.25) is 4.79 Å². The molecular formula is C22H22N2O5S2. The molecule has 9 heteroatoms. The Morgan fingerprint density at radius 3 is 2.77 bits per heavy atom. The van der Waals surface area contributed by atoms with Crippen molar-refractivity contribution in [2.75, 3.05) is 38.5 Å². The minimum atomic E-state index is -0.125. The van der Waals surface area contributed by atoms with Gasteiger partial charge in [0.2, 0.25) is 5.91 Å². The average molecular weight is 459 g/mol. The predicted molar refractivity (Wildman–Crippen MR) is 122 cm³/mol. The van der Waals surface area contributed by atoms with Crippen molar-refractivity contribution >= 4 is 34.1 Å². The highest BCUT2D eigenvalue weighted by atomic mass is 32.2. The lowest BCUT2D eigenvalue weighted by atomic mass is 10.1. The van der Waals surface area contributed by atoms with E-state index in [1.165, 1.54) is 23.1 Å². The Labute approximate surface area is 188 Å². The number of nitrogens with zero attached hydrogens (tertiary/aromatic N) is 1. The maximum atomic E-state index is 12.4. The monoisotopic (exact) mass is 458 g/mol. The number of fused-ring (bicyclic) bond motifs is 1. The number of ether oxygens (including phenoxy) is 4. The molecule has 2 aromatic carbocycles.